The number of nitrogens with one attached hydrogen (secondary N) is 1. The van der Waals surface area contributed by atoms with E-state index in [1.807, 2.05) is 0 Å². The Balaban J connectivity index is 1.65. The van der Waals surface area contributed by atoms with Gasteiger partial charge in [0.1, 0.15) is 5.82 Å². The van der Waals surface area contributed by atoms with Gasteiger partial charge in [0, 0.05) is 6.08 Å². The summed E-state index contributed by atoms with van der Waals surface area (Å²) in [7, 11) is 4.53. The number of nitrogens with zero attached hydrogens (tertiary/aromatic N) is 2. The van der Waals surface area contributed by atoms with Gasteiger partial charge >= 0.3 is 6.01 Å². The van der Waals surface area contributed by atoms with Gasteiger partial charge in [-0.15, -0.1) is 5.10 Å². The molecule has 0 radical (unpaired) electrons. The second-order valence-corrected chi connectivity index (χ2v) is 6.09. The van der Waals surface area contributed by atoms with Crippen LogP contribution >= 0.6 is 0 Å². The molecule has 0 saturated carbocycles. The van der Waals surface area contributed by atoms with Crippen LogP contribution in [0.3, 0.4) is 0 Å². The van der Waals surface area contributed by atoms with Crippen LogP contribution in [0, 0.1) is 5.82 Å². The minimum Gasteiger partial charge on any atom is -0.493 e. The van der Waals surface area contributed by atoms with Crippen LogP contribution in [0.4, 0.5) is 10.4 Å². The molecule has 3 aromatic rings. The lowest BCUT2D eigenvalue weighted by Gasteiger charge is -2.12. The largest absolute Gasteiger partial charge is 0.493 e. The Labute approximate surface area is 172 Å². The number of aromatic nitrogens is 2. The minimum atomic E-state index is -0.458. The number of halogens is 1. The van der Waals surface area contributed by atoms with Crippen molar-refractivity contribution in [2.24, 2.45) is 0 Å². The summed E-state index contributed by atoms with van der Waals surface area (Å²) in [5.74, 6) is 0.919. The molecular weight excluding hydrogens is 393 g/mol. The van der Waals surface area contributed by atoms with Gasteiger partial charge in [0.25, 0.3) is 5.91 Å². The van der Waals surface area contributed by atoms with Gasteiger partial charge in [-0.1, -0.05) is 17.2 Å². The fraction of sp³-hybridized carbons (Fsp3) is 0.190. The topological polar surface area (TPSA) is 95.7 Å². The summed E-state index contributed by atoms with van der Waals surface area (Å²) in [5.41, 5.74) is 1.47. The van der Waals surface area contributed by atoms with Crippen LogP contribution < -0.4 is 19.5 Å². The third-order valence-electron chi connectivity index (χ3n) is 4.08. The molecule has 8 nitrogen and oxygen atoms in total. The molecule has 0 fully saturated rings. The molecule has 0 aliphatic carbocycles. The predicted octanol–water partition coefficient (Wildman–Crippen LogP) is 3.48. The zero-order valence-corrected chi connectivity index (χ0v) is 16.6. The highest BCUT2D eigenvalue weighted by atomic mass is 19.1. The van der Waals surface area contributed by atoms with E-state index in [1.54, 1.807) is 30.3 Å². The van der Waals surface area contributed by atoms with E-state index in [1.165, 1.54) is 39.5 Å². The molecule has 1 amide bonds. The maximum atomic E-state index is 13.0. The fourth-order valence-corrected chi connectivity index (χ4v) is 2.67. The Morgan fingerprint density at radius 3 is 2.33 bits per heavy atom. The second-order valence-electron chi connectivity index (χ2n) is 6.09. The molecule has 0 aliphatic heterocycles. The molecule has 0 bridgehead atoms. The summed E-state index contributed by atoms with van der Waals surface area (Å²) in [5, 5.41) is 10.2. The Hall–Kier alpha value is -3.88. The van der Waals surface area contributed by atoms with Crippen molar-refractivity contribution >= 4 is 18.0 Å². The van der Waals surface area contributed by atoms with Crippen molar-refractivity contribution in [3.8, 4) is 17.2 Å². The molecule has 1 aromatic heterocycles. The molecule has 30 heavy (non-hydrogen) atoms. The number of carbonyl (C=O) groups excluding carboxylic acids is 1. The maximum absolute atomic E-state index is 13.0. The van der Waals surface area contributed by atoms with Crippen molar-refractivity contribution in [3.63, 3.8) is 0 Å². The van der Waals surface area contributed by atoms with Crippen LogP contribution in [0.25, 0.3) is 6.08 Å². The summed E-state index contributed by atoms with van der Waals surface area (Å²) in [6.45, 7) is 0. The van der Waals surface area contributed by atoms with Crippen molar-refractivity contribution in [3.05, 3.63) is 65.3 Å². The van der Waals surface area contributed by atoms with Crippen LogP contribution in [0.2, 0.25) is 0 Å². The van der Waals surface area contributed by atoms with E-state index in [0.717, 1.165) is 5.56 Å². The standard InChI is InChI=1S/C21H20FN3O5/c1-27-16-10-14(11-17(28-2)20(16)29-3)6-9-18(26)23-21-25-24-19(30-21)12-13-4-7-15(22)8-5-13/h4-11H,12H2,1-3H3,(H,23,25,26). The minimum absolute atomic E-state index is 0.0355. The lowest BCUT2D eigenvalue weighted by Crippen LogP contribution is -2.07. The number of hydrogen-bond donors (Lipinski definition) is 1. The van der Waals surface area contributed by atoms with Gasteiger partial charge in [0.05, 0.1) is 27.8 Å². The van der Waals surface area contributed by atoms with E-state index < -0.39 is 5.91 Å². The number of ether oxygens (including phenoxy) is 3. The first-order valence-corrected chi connectivity index (χ1v) is 8.88. The van der Waals surface area contributed by atoms with Crippen LogP contribution in [0.15, 0.2) is 46.9 Å². The molecule has 9 heteroatoms. The van der Waals surface area contributed by atoms with E-state index in [9.17, 15) is 9.18 Å². The third-order valence-corrected chi connectivity index (χ3v) is 4.08. The van der Waals surface area contributed by atoms with E-state index in [0.29, 0.717) is 35.1 Å². The van der Waals surface area contributed by atoms with Gasteiger partial charge in [-0.25, -0.2) is 4.39 Å². The number of methoxy groups -OCH3 is 3. The average molecular weight is 413 g/mol. The first-order valence-electron chi connectivity index (χ1n) is 8.88. The number of amides is 1. The van der Waals surface area contributed by atoms with Crippen molar-refractivity contribution in [1.82, 2.24) is 10.2 Å². The van der Waals surface area contributed by atoms with Crippen molar-refractivity contribution in [1.29, 1.82) is 0 Å². The Bertz CT molecular complexity index is 1020. The molecule has 1 N–H and O–H groups in total. The highest BCUT2D eigenvalue weighted by Gasteiger charge is 2.13. The smallest absolute Gasteiger partial charge is 0.322 e. The summed E-state index contributed by atoms with van der Waals surface area (Å²) < 4.78 is 34.2. The molecule has 1 heterocycles. The SMILES string of the molecule is COc1cc(C=CC(=O)Nc2nnc(Cc3ccc(F)cc3)o2)cc(OC)c1OC. The average Bonchev–Trinajstić information content (AvgIpc) is 3.19. The van der Waals surface area contributed by atoms with Crippen molar-refractivity contribution in [2.45, 2.75) is 6.42 Å². The highest BCUT2D eigenvalue weighted by Crippen LogP contribution is 2.38. The number of hydrogen-bond acceptors (Lipinski definition) is 7. The van der Waals surface area contributed by atoms with Crippen molar-refractivity contribution in [2.75, 3.05) is 26.6 Å². The van der Waals surface area contributed by atoms with E-state index in [-0.39, 0.29) is 11.8 Å². The zero-order valence-electron chi connectivity index (χ0n) is 16.6. The quantitative estimate of drug-likeness (QED) is 0.565. The van der Waals surface area contributed by atoms with Gasteiger partial charge in [0.15, 0.2) is 11.5 Å². The van der Waals surface area contributed by atoms with Gasteiger partial charge < -0.3 is 18.6 Å². The first kappa shape index (κ1) is 20.8. The number of benzene rings is 2. The van der Waals surface area contributed by atoms with Gasteiger partial charge in [-0.2, -0.15) is 0 Å². The first-order chi connectivity index (χ1) is 14.5. The molecule has 0 unspecified atom stereocenters. The summed E-state index contributed by atoms with van der Waals surface area (Å²) in [4.78, 5) is 12.2. The van der Waals surface area contributed by atoms with Crippen LogP contribution in [-0.2, 0) is 11.2 Å². The molecular formula is C21H20FN3O5. The number of rotatable bonds is 8. The Morgan fingerprint density at radius 2 is 1.73 bits per heavy atom. The third kappa shape index (κ3) is 5.13. The molecule has 0 spiro atoms. The molecule has 156 valence electrons. The Kier molecular flexibility index (Phi) is 6.63. The van der Waals surface area contributed by atoms with Gasteiger partial charge in [0.2, 0.25) is 11.6 Å². The maximum Gasteiger partial charge on any atom is 0.322 e. The van der Waals surface area contributed by atoms with Crippen LogP contribution in [0.5, 0.6) is 17.2 Å². The Morgan fingerprint density at radius 1 is 1.07 bits per heavy atom. The van der Waals surface area contributed by atoms with E-state index in [4.69, 9.17) is 18.6 Å². The lowest BCUT2D eigenvalue weighted by atomic mass is 10.1. The summed E-state index contributed by atoms with van der Waals surface area (Å²) >= 11 is 0. The van der Waals surface area contributed by atoms with E-state index >= 15 is 0 Å². The van der Waals surface area contributed by atoms with E-state index in [2.05, 4.69) is 15.5 Å². The number of carbonyl (C=O) groups is 1. The molecule has 2 aromatic carbocycles. The van der Waals surface area contributed by atoms with Crippen molar-refractivity contribution < 1.29 is 27.8 Å². The normalized spacial score (nSPS) is 10.8. The zero-order chi connectivity index (χ0) is 21.5. The lowest BCUT2D eigenvalue weighted by molar-refractivity contribution is -0.112. The fourth-order valence-electron chi connectivity index (χ4n) is 2.67. The monoisotopic (exact) mass is 413 g/mol. The van der Waals surface area contributed by atoms with Gasteiger partial charge in [-0.3, -0.25) is 10.1 Å². The predicted molar refractivity (Wildman–Crippen MR) is 107 cm³/mol. The van der Waals surface area contributed by atoms with Gasteiger partial charge in [-0.05, 0) is 41.5 Å². The molecule has 0 aliphatic rings. The molecule has 0 atom stereocenters. The highest BCUT2D eigenvalue weighted by molar-refractivity contribution is 6.00. The summed E-state index contributed by atoms with van der Waals surface area (Å²) in [6.07, 6.45) is 3.21. The van der Waals surface area contributed by atoms with Crippen LogP contribution in [0.1, 0.15) is 17.0 Å². The van der Waals surface area contributed by atoms with Crippen LogP contribution in [-0.4, -0.2) is 37.4 Å². The number of anilines is 1. The molecule has 0 saturated heterocycles. The second kappa shape index (κ2) is 9.55. The molecule has 3 rings (SSSR count). The summed E-state index contributed by atoms with van der Waals surface area (Å²) in [6, 6.07) is 9.32.